The summed E-state index contributed by atoms with van der Waals surface area (Å²) < 4.78 is 26.7. The van der Waals surface area contributed by atoms with Crippen molar-refractivity contribution < 1.29 is 13.2 Å². The maximum atomic E-state index is 12.6. The number of sulfonamides is 1. The monoisotopic (exact) mass is 397 g/mol. The molecule has 3 rings (SSSR count). The highest BCUT2D eigenvalue weighted by Gasteiger charge is 2.31. The molecule has 1 heterocycles. The van der Waals surface area contributed by atoms with Gasteiger partial charge in [0.2, 0.25) is 15.9 Å². The molecule has 1 saturated heterocycles. The fraction of sp³-hybridized carbons (Fsp3) is 0.333. The molecular formula is C21H23N3O3S. The summed E-state index contributed by atoms with van der Waals surface area (Å²) in [6.45, 7) is 0.685. The zero-order valence-corrected chi connectivity index (χ0v) is 16.4. The van der Waals surface area contributed by atoms with E-state index in [1.54, 1.807) is 24.3 Å². The molecule has 0 radical (unpaired) electrons. The van der Waals surface area contributed by atoms with Gasteiger partial charge in [-0.3, -0.25) is 4.79 Å². The number of nitrogens with zero attached hydrogens (tertiary/aromatic N) is 2. The quantitative estimate of drug-likeness (QED) is 0.811. The number of nitriles is 1. The van der Waals surface area contributed by atoms with Gasteiger partial charge in [-0.25, -0.2) is 12.7 Å². The largest absolute Gasteiger partial charge is 0.325 e. The molecule has 7 heteroatoms. The van der Waals surface area contributed by atoms with Crippen molar-refractivity contribution in [1.82, 2.24) is 4.31 Å². The average Bonchev–Trinajstić information content (AvgIpc) is 2.73. The number of carbonyl (C=O) groups is 1. The topological polar surface area (TPSA) is 90.3 Å². The van der Waals surface area contributed by atoms with Crippen LogP contribution in [0.2, 0.25) is 0 Å². The molecule has 146 valence electrons. The summed E-state index contributed by atoms with van der Waals surface area (Å²) >= 11 is 0. The summed E-state index contributed by atoms with van der Waals surface area (Å²) in [5, 5.41) is 11.9. The van der Waals surface area contributed by atoms with Gasteiger partial charge in [-0.1, -0.05) is 42.5 Å². The number of hydrogen-bond acceptors (Lipinski definition) is 4. The zero-order chi connectivity index (χ0) is 20.0. The highest BCUT2D eigenvalue weighted by molar-refractivity contribution is 7.89. The molecule has 1 aliphatic heterocycles. The lowest BCUT2D eigenvalue weighted by atomic mass is 9.97. The summed E-state index contributed by atoms with van der Waals surface area (Å²) in [5.41, 5.74) is 1.90. The number of para-hydroxylation sites is 1. The van der Waals surface area contributed by atoms with Crippen molar-refractivity contribution in [3.8, 4) is 6.07 Å². The van der Waals surface area contributed by atoms with Gasteiger partial charge in [0.15, 0.2) is 0 Å². The molecular weight excluding hydrogens is 374 g/mol. The molecule has 1 amide bonds. The molecule has 2 aromatic carbocycles. The predicted molar refractivity (Wildman–Crippen MR) is 108 cm³/mol. The average molecular weight is 398 g/mol. The van der Waals surface area contributed by atoms with E-state index >= 15 is 0 Å². The van der Waals surface area contributed by atoms with Gasteiger partial charge in [0.05, 0.1) is 17.0 Å². The van der Waals surface area contributed by atoms with Crippen molar-refractivity contribution in [3.63, 3.8) is 0 Å². The summed E-state index contributed by atoms with van der Waals surface area (Å²) in [6, 6.07) is 18.5. The van der Waals surface area contributed by atoms with Crippen LogP contribution in [0, 0.1) is 17.2 Å². The van der Waals surface area contributed by atoms with Crippen molar-refractivity contribution in [2.45, 2.75) is 19.3 Å². The van der Waals surface area contributed by atoms with Crippen LogP contribution in [0.5, 0.6) is 0 Å². The second-order valence-electron chi connectivity index (χ2n) is 6.87. The SMILES string of the molecule is N#Cc1ccccc1NC(=O)C1CCN(S(=O)(=O)CCc2ccccc2)CC1. The molecule has 0 spiro atoms. The van der Waals surface area contributed by atoms with E-state index in [9.17, 15) is 13.2 Å². The molecule has 6 nitrogen and oxygen atoms in total. The van der Waals surface area contributed by atoms with Gasteiger partial charge >= 0.3 is 0 Å². The maximum Gasteiger partial charge on any atom is 0.227 e. The van der Waals surface area contributed by atoms with Crippen molar-refractivity contribution >= 4 is 21.6 Å². The highest BCUT2D eigenvalue weighted by Crippen LogP contribution is 2.23. The number of carbonyl (C=O) groups excluding carboxylic acids is 1. The van der Waals surface area contributed by atoms with Crippen LogP contribution in [0.25, 0.3) is 0 Å². The van der Waals surface area contributed by atoms with E-state index in [0.717, 1.165) is 5.56 Å². The predicted octanol–water partition coefficient (Wildman–Crippen LogP) is 2.78. The molecule has 0 bridgehead atoms. The number of piperidine rings is 1. The Hall–Kier alpha value is -2.69. The Morgan fingerprint density at radius 3 is 2.39 bits per heavy atom. The Balaban J connectivity index is 1.53. The first kappa shape index (κ1) is 20.1. The first-order chi connectivity index (χ1) is 13.5. The Labute approximate surface area is 165 Å². The summed E-state index contributed by atoms with van der Waals surface area (Å²) in [4.78, 5) is 12.5. The Bertz CT molecular complexity index is 960. The van der Waals surface area contributed by atoms with Crippen LogP contribution in [-0.2, 0) is 21.2 Å². The van der Waals surface area contributed by atoms with Crippen LogP contribution in [0.15, 0.2) is 54.6 Å². The van der Waals surface area contributed by atoms with E-state index in [1.807, 2.05) is 30.3 Å². The smallest absolute Gasteiger partial charge is 0.227 e. The Kier molecular flexibility index (Phi) is 6.45. The minimum Gasteiger partial charge on any atom is -0.325 e. The van der Waals surface area contributed by atoms with E-state index in [4.69, 9.17) is 5.26 Å². The van der Waals surface area contributed by atoms with E-state index in [1.165, 1.54) is 4.31 Å². The number of nitrogens with one attached hydrogen (secondary N) is 1. The molecule has 0 unspecified atom stereocenters. The lowest BCUT2D eigenvalue weighted by molar-refractivity contribution is -0.120. The van der Waals surface area contributed by atoms with E-state index in [0.29, 0.717) is 43.6 Å². The van der Waals surface area contributed by atoms with E-state index in [2.05, 4.69) is 11.4 Å². The maximum absolute atomic E-state index is 12.6. The number of aryl methyl sites for hydroxylation is 1. The molecule has 28 heavy (non-hydrogen) atoms. The van der Waals surface area contributed by atoms with Crippen LogP contribution in [0.1, 0.15) is 24.0 Å². The van der Waals surface area contributed by atoms with Gasteiger partial charge in [0.25, 0.3) is 0 Å². The molecule has 0 atom stereocenters. The minimum absolute atomic E-state index is 0.0728. The number of benzene rings is 2. The van der Waals surface area contributed by atoms with Gasteiger partial charge < -0.3 is 5.32 Å². The molecule has 1 fully saturated rings. The number of amides is 1. The van der Waals surface area contributed by atoms with Gasteiger partial charge in [-0.2, -0.15) is 5.26 Å². The van der Waals surface area contributed by atoms with Gasteiger partial charge in [0.1, 0.15) is 6.07 Å². The molecule has 1 N–H and O–H groups in total. The third-order valence-electron chi connectivity index (χ3n) is 5.02. The fourth-order valence-electron chi connectivity index (χ4n) is 3.34. The molecule has 0 saturated carbocycles. The normalized spacial score (nSPS) is 15.7. The van der Waals surface area contributed by atoms with Crippen molar-refractivity contribution in [2.24, 2.45) is 5.92 Å². The number of hydrogen-bond donors (Lipinski definition) is 1. The lowest BCUT2D eigenvalue weighted by Crippen LogP contribution is -2.42. The second kappa shape index (κ2) is 9.00. The van der Waals surface area contributed by atoms with Crippen LogP contribution < -0.4 is 5.32 Å². The van der Waals surface area contributed by atoms with Gasteiger partial charge in [0, 0.05) is 19.0 Å². The fourth-order valence-corrected chi connectivity index (χ4v) is 4.86. The Morgan fingerprint density at radius 1 is 1.07 bits per heavy atom. The second-order valence-corrected chi connectivity index (χ2v) is 8.96. The first-order valence-electron chi connectivity index (χ1n) is 9.31. The van der Waals surface area contributed by atoms with Gasteiger partial charge in [-0.05, 0) is 37.0 Å². The third kappa shape index (κ3) is 4.97. The standard InChI is InChI=1S/C21H23N3O3S/c22-16-19-8-4-5-9-20(19)23-21(25)18-10-13-24(14-11-18)28(26,27)15-12-17-6-2-1-3-7-17/h1-9,18H,10-15H2,(H,23,25). The minimum atomic E-state index is -3.34. The van der Waals surface area contributed by atoms with Crippen LogP contribution in [-0.4, -0.2) is 37.5 Å². The summed E-state index contributed by atoms with van der Waals surface area (Å²) in [7, 11) is -3.34. The highest BCUT2D eigenvalue weighted by atomic mass is 32.2. The van der Waals surface area contributed by atoms with E-state index in [-0.39, 0.29) is 17.6 Å². The first-order valence-corrected chi connectivity index (χ1v) is 10.9. The van der Waals surface area contributed by atoms with E-state index < -0.39 is 10.0 Å². The number of rotatable bonds is 6. The molecule has 0 aliphatic carbocycles. The number of anilines is 1. The van der Waals surface area contributed by atoms with Crippen LogP contribution in [0.4, 0.5) is 5.69 Å². The van der Waals surface area contributed by atoms with Crippen LogP contribution in [0.3, 0.4) is 0 Å². The third-order valence-corrected chi connectivity index (χ3v) is 6.89. The Morgan fingerprint density at radius 2 is 1.71 bits per heavy atom. The van der Waals surface area contributed by atoms with Crippen molar-refractivity contribution in [3.05, 3.63) is 65.7 Å². The summed E-state index contributed by atoms with van der Waals surface area (Å²) in [6.07, 6.45) is 1.44. The molecule has 1 aliphatic rings. The molecule has 2 aromatic rings. The van der Waals surface area contributed by atoms with Gasteiger partial charge in [-0.15, -0.1) is 0 Å². The molecule has 0 aromatic heterocycles. The zero-order valence-electron chi connectivity index (χ0n) is 15.5. The summed E-state index contributed by atoms with van der Waals surface area (Å²) in [5.74, 6) is -0.347. The van der Waals surface area contributed by atoms with Crippen molar-refractivity contribution in [1.29, 1.82) is 5.26 Å². The van der Waals surface area contributed by atoms with Crippen molar-refractivity contribution in [2.75, 3.05) is 24.2 Å². The lowest BCUT2D eigenvalue weighted by Gasteiger charge is -2.30. The van der Waals surface area contributed by atoms with Crippen LogP contribution >= 0.6 is 0 Å².